The largest absolute Gasteiger partial charge is 0.493 e. The van der Waals surface area contributed by atoms with Crippen LogP contribution in [0, 0.1) is 5.92 Å². The van der Waals surface area contributed by atoms with Crippen molar-refractivity contribution in [3.63, 3.8) is 0 Å². The van der Waals surface area contributed by atoms with Crippen LogP contribution in [0.4, 0.5) is 0 Å². The highest BCUT2D eigenvalue weighted by Crippen LogP contribution is 2.33. The third-order valence-corrected chi connectivity index (χ3v) is 4.79. The zero-order chi connectivity index (χ0) is 15.2. The Morgan fingerprint density at radius 3 is 2.38 bits per heavy atom. The first-order valence-corrected chi connectivity index (χ1v) is 8.17. The molecule has 2 unspecified atom stereocenters. The van der Waals surface area contributed by atoms with E-state index in [9.17, 15) is 0 Å². The summed E-state index contributed by atoms with van der Waals surface area (Å²) in [5.41, 5.74) is 1.28. The summed E-state index contributed by atoms with van der Waals surface area (Å²) < 4.78 is 10.7. The van der Waals surface area contributed by atoms with Gasteiger partial charge in [0.1, 0.15) is 0 Å². The standard InChI is InChI=1S/C18H29NO2/c1-5-16(19-13(2)14-8-6-7-9-14)15-10-11-17(20-3)18(12-15)21-4/h10-14,16,19H,5-9H2,1-4H3. The first kappa shape index (κ1) is 16.2. The Balaban J connectivity index is 2.09. The lowest BCUT2D eigenvalue weighted by Gasteiger charge is -2.27. The molecule has 2 rings (SSSR count). The topological polar surface area (TPSA) is 30.5 Å². The zero-order valence-electron chi connectivity index (χ0n) is 13.8. The Labute approximate surface area is 129 Å². The highest BCUT2D eigenvalue weighted by molar-refractivity contribution is 5.43. The molecule has 0 saturated heterocycles. The Hall–Kier alpha value is -1.22. The second-order valence-corrected chi connectivity index (χ2v) is 6.08. The highest BCUT2D eigenvalue weighted by atomic mass is 16.5. The van der Waals surface area contributed by atoms with Gasteiger partial charge < -0.3 is 14.8 Å². The predicted molar refractivity (Wildman–Crippen MR) is 87.1 cm³/mol. The van der Waals surface area contributed by atoms with Crippen LogP contribution in [0.15, 0.2) is 18.2 Å². The molecule has 1 aromatic carbocycles. The van der Waals surface area contributed by atoms with Crippen molar-refractivity contribution < 1.29 is 9.47 Å². The number of methoxy groups -OCH3 is 2. The summed E-state index contributed by atoms with van der Waals surface area (Å²) in [7, 11) is 3.37. The van der Waals surface area contributed by atoms with Crippen LogP contribution >= 0.6 is 0 Å². The van der Waals surface area contributed by atoms with Crippen LogP contribution in [-0.4, -0.2) is 20.3 Å². The van der Waals surface area contributed by atoms with Gasteiger partial charge in [-0.2, -0.15) is 0 Å². The predicted octanol–water partition coefficient (Wildman–Crippen LogP) is 4.32. The number of benzene rings is 1. The van der Waals surface area contributed by atoms with Crippen molar-refractivity contribution in [3.8, 4) is 11.5 Å². The number of nitrogens with one attached hydrogen (secondary N) is 1. The summed E-state index contributed by atoms with van der Waals surface area (Å²) in [5, 5.41) is 3.82. The zero-order valence-corrected chi connectivity index (χ0v) is 13.8. The minimum absolute atomic E-state index is 0.375. The van der Waals surface area contributed by atoms with E-state index < -0.39 is 0 Å². The number of hydrogen-bond donors (Lipinski definition) is 1. The van der Waals surface area contributed by atoms with Crippen LogP contribution in [0.5, 0.6) is 11.5 Å². The molecular formula is C18H29NO2. The molecule has 0 bridgehead atoms. The number of ether oxygens (including phenoxy) is 2. The fraction of sp³-hybridized carbons (Fsp3) is 0.667. The van der Waals surface area contributed by atoms with Gasteiger partial charge in [0.05, 0.1) is 14.2 Å². The Morgan fingerprint density at radius 1 is 1.14 bits per heavy atom. The van der Waals surface area contributed by atoms with Crippen LogP contribution in [-0.2, 0) is 0 Å². The Kier molecular flexibility index (Phi) is 5.92. The van der Waals surface area contributed by atoms with Crippen molar-refractivity contribution in [1.29, 1.82) is 0 Å². The molecule has 0 heterocycles. The maximum atomic E-state index is 5.42. The van der Waals surface area contributed by atoms with Crippen molar-refractivity contribution >= 4 is 0 Å². The van der Waals surface area contributed by atoms with Crippen LogP contribution in [0.25, 0.3) is 0 Å². The van der Waals surface area contributed by atoms with Crippen molar-refractivity contribution in [2.24, 2.45) is 5.92 Å². The van der Waals surface area contributed by atoms with Gasteiger partial charge in [-0.3, -0.25) is 0 Å². The lowest BCUT2D eigenvalue weighted by atomic mass is 9.96. The summed E-state index contributed by atoms with van der Waals surface area (Å²) in [6.07, 6.45) is 6.60. The molecule has 3 nitrogen and oxygen atoms in total. The molecule has 0 radical (unpaired) electrons. The normalized spacial score (nSPS) is 18.5. The fourth-order valence-electron chi connectivity index (χ4n) is 3.43. The van der Waals surface area contributed by atoms with Crippen molar-refractivity contribution in [1.82, 2.24) is 5.32 Å². The van der Waals surface area contributed by atoms with E-state index >= 15 is 0 Å². The van der Waals surface area contributed by atoms with Gasteiger partial charge in [-0.25, -0.2) is 0 Å². The van der Waals surface area contributed by atoms with Crippen LogP contribution in [0.3, 0.4) is 0 Å². The summed E-state index contributed by atoms with van der Waals surface area (Å²) in [5.74, 6) is 2.43. The molecule has 3 heteroatoms. The molecule has 118 valence electrons. The first-order chi connectivity index (χ1) is 10.2. The van der Waals surface area contributed by atoms with Gasteiger partial charge >= 0.3 is 0 Å². The average molecular weight is 291 g/mol. The molecule has 0 aliphatic heterocycles. The summed E-state index contributed by atoms with van der Waals surface area (Å²) in [6, 6.07) is 7.19. The van der Waals surface area contributed by atoms with Crippen molar-refractivity contribution in [2.75, 3.05) is 14.2 Å². The molecule has 1 saturated carbocycles. The summed E-state index contributed by atoms with van der Waals surface area (Å²) in [4.78, 5) is 0. The SMILES string of the molecule is CCC(NC(C)C1CCCC1)c1ccc(OC)c(OC)c1. The van der Waals surface area contributed by atoms with E-state index in [0.29, 0.717) is 12.1 Å². The quantitative estimate of drug-likeness (QED) is 0.811. The second-order valence-electron chi connectivity index (χ2n) is 6.08. The maximum absolute atomic E-state index is 5.42. The molecular weight excluding hydrogens is 262 g/mol. The minimum Gasteiger partial charge on any atom is -0.493 e. The summed E-state index contributed by atoms with van der Waals surface area (Å²) in [6.45, 7) is 4.56. The molecule has 21 heavy (non-hydrogen) atoms. The maximum Gasteiger partial charge on any atom is 0.161 e. The lowest BCUT2D eigenvalue weighted by Crippen LogP contribution is -2.35. The molecule has 1 N–H and O–H groups in total. The van der Waals surface area contributed by atoms with Crippen LogP contribution in [0.1, 0.15) is 57.6 Å². The van der Waals surface area contributed by atoms with Gasteiger partial charge in [-0.15, -0.1) is 0 Å². The van der Waals surface area contributed by atoms with Crippen LogP contribution < -0.4 is 14.8 Å². The molecule has 1 fully saturated rings. The van der Waals surface area contributed by atoms with Crippen LogP contribution in [0.2, 0.25) is 0 Å². The van der Waals surface area contributed by atoms with Gasteiger partial charge in [-0.05, 0) is 49.8 Å². The third-order valence-electron chi connectivity index (χ3n) is 4.79. The van der Waals surface area contributed by atoms with Crippen molar-refractivity contribution in [3.05, 3.63) is 23.8 Å². The van der Waals surface area contributed by atoms with Gasteiger partial charge in [0.15, 0.2) is 11.5 Å². The average Bonchev–Trinajstić information content (AvgIpc) is 3.06. The molecule has 1 aromatic rings. The Bertz CT molecular complexity index is 441. The van der Waals surface area contributed by atoms with Crippen molar-refractivity contribution in [2.45, 2.75) is 58.0 Å². The van der Waals surface area contributed by atoms with E-state index in [1.807, 2.05) is 6.07 Å². The third kappa shape index (κ3) is 3.91. The molecule has 0 spiro atoms. The monoisotopic (exact) mass is 291 g/mol. The second kappa shape index (κ2) is 7.69. The minimum atomic E-state index is 0.375. The Morgan fingerprint density at radius 2 is 1.81 bits per heavy atom. The van der Waals surface area contributed by atoms with Gasteiger partial charge in [0.25, 0.3) is 0 Å². The summed E-state index contributed by atoms with van der Waals surface area (Å²) >= 11 is 0. The van der Waals surface area contributed by atoms with E-state index in [4.69, 9.17) is 9.47 Å². The van der Waals surface area contributed by atoms with Gasteiger partial charge in [-0.1, -0.05) is 25.8 Å². The molecule has 1 aliphatic rings. The van der Waals surface area contributed by atoms with E-state index in [1.165, 1.54) is 31.2 Å². The van der Waals surface area contributed by atoms with E-state index in [0.717, 1.165) is 23.8 Å². The molecule has 1 aliphatic carbocycles. The van der Waals surface area contributed by atoms with E-state index in [1.54, 1.807) is 14.2 Å². The molecule has 0 aromatic heterocycles. The number of rotatable bonds is 7. The molecule has 0 amide bonds. The fourth-order valence-corrected chi connectivity index (χ4v) is 3.43. The van der Waals surface area contributed by atoms with Gasteiger partial charge in [0.2, 0.25) is 0 Å². The van der Waals surface area contributed by atoms with E-state index in [2.05, 4.69) is 31.3 Å². The van der Waals surface area contributed by atoms with E-state index in [-0.39, 0.29) is 0 Å². The van der Waals surface area contributed by atoms with Gasteiger partial charge in [0, 0.05) is 12.1 Å². The first-order valence-electron chi connectivity index (χ1n) is 8.17. The lowest BCUT2D eigenvalue weighted by molar-refractivity contribution is 0.335. The molecule has 2 atom stereocenters. The highest BCUT2D eigenvalue weighted by Gasteiger charge is 2.24. The number of hydrogen-bond acceptors (Lipinski definition) is 3. The smallest absolute Gasteiger partial charge is 0.161 e.